The number of aromatic nitrogens is 2. The molecule has 2 rings (SSSR count). The standard InChI is InChI=1S/C13H17N3S/c1-3-9-7-5-6-8-10(9)12-15-16-13(17-12)11(14)4-2/h5-8,11H,3-4,14H2,1-2H3. The molecule has 1 heterocycles. The van der Waals surface area contributed by atoms with Crippen molar-refractivity contribution in [2.75, 3.05) is 0 Å². The van der Waals surface area contributed by atoms with Crippen molar-refractivity contribution in [2.45, 2.75) is 32.7 Å². The predicted octanol–water partition coefficient (Wildman–Crippen LogP) is 3.18. The molecule has 2 N–H and O–H groups in total. The van der Waals surface area contributed by atoms with Gasteiger partial charge in [-0.15, -0.1) is 10.2 Å². The van der Waals surface area contributed by atoms with Crippen LogP contribution in [0.15, 0.2) is 24.3 Å². The summed E-state index contributed by atoms with van der Waals surface area (Å²) in [5, 5.41) is 10.3. The van der Waals surface area contributed by atoms with E-state index in [1.54, 1.807) is 11.3 Å². The molecule has 0 spiro atoms. The van der Waals surface area contributed by atoms with Gasteiger partial charge in [0.2, 0.25) is 0 Å². The van der Waals surface area contributed by atoms with E-state index in [1.165, 1.54) is 11.1 Å². The summed E-state index contributed by atoms with van der Waals surface area (Å²) < 4.78 is 0. The van der Waals surface area contributed by atoms with Crippen molar-refractivity contribution >= 4 is 11.3 Å². The minimum Gasteiger partial charge on any atom is -0.322 e. The second-order valence-electron chi connectivity index (χ2n) is 3.97. The maximum absolute atomic E-state index is 5.96. The van der Waals surface area contributed by atoms with E-state index in [0.29, 0.717) is 0 Å². The fraction of sp³-hybridized carbons (Fsp3) is 0.385. The Bertz CT molecular complexity index is 493. The van der Waals surface area contributed by atoms with Crippen LogP contribution in [0.3, 0.4) is 0 Å². The zero-order chi connectivity index (χ0) is 12.3. The number of aryl methyl sites for hydroxylation is 1. The smallest absolute Gasteiger partial charge is 0.148 e. The van der Waals surface area contributed by atoms with Gasteiger partial charge in [0.25, 0.3) is 0 Å². The van der Waals surface area contributed by atoms with Crippen LogP contribution in [0, 0.1) is 0 Å². The maximum atomic E-state index is 5.96. The van der Waals surface area contributed by atoms with E-state index in [2.05, 4.69) is 42.2 Å². The average molecular weight is 247 g/mol. The molecule has 0 bridgehead atoms. The van der Waals surface area contributed by atoms with Gasteiger partial charge < -0.3 is 5.73 Å². The number of rotatable bonds is 4. The number of nitrogens with zero attached hydrogens (tertiary/aromatic N) is 2. The molecule has 1 unspecified atom stereocenters. The highest BCUT2D eigenvalue weighted by molar-refractivity contribution is 7.14. The zero-order valence-corrected chi connectivity index (χ0v) is 11.0. The zero-order valence-electron chi connectivity index (χ0n) is 10.2. The number of hydrogen-bond donors (Lipinski definition) is 1. The molecule has 0 saturated heterocycles. The van der Waals surface area contributed by atoms with Crippen molar-refractivity contribution in [3.05, 3.63) is 34.8 Å². The van der Waals surface area contributed by atoms with Crippen molar-refractivity contribution < 1.29 is 0 Å². The fourth-order valence-electron chi connectivity index (χ4n) is 1.71. The first kappa shape index (κ1) is 12.2. The molecule has 1 aromatic heterocycles. The van der Waals surface area contributed by atoms with Gasteiger partial charge in [0.15, 0.2) is 0 Å². The van der Waals surface area contributed by atoms with Crippen molar-refractivity contribution in [3.8, 4) is 10.6 Å². The molecule has 17 heavy (non-hydrogen) atoms. The van der Waals surface area contributed by atoms with Crippen LogP contribution < -0.4 is 5.73 Å². The van der Waals surface area contributed by atoms with Gasteiger partial charge in [0.1, 0.15) is 10.0 Å². The van der Waals surface area contributed by atoms with E-state index in [0.717, 1.165) is 22.9 Å². The van der Waals surface area contributed by atoms with Crippen LogP contribution in [-0.4, -0.2) is 10.2 Å². The van der Waals surface area contributed by atoms with Gasteiger partial charge in [-0.05, 0) is 18.4 Å². The molecular weight excluding hydrogens is 230 g/mol. The molecule has 90 valence electrons. The third-order valence-corrected chi connectivity index (χ3v) is 3.91. The summed E-state index contributed by atoms with van der Waals surface area (Å²) in [4.78, 5) is 0. The minimum absolute atomic E-state index is 0.00930. The Morgan fingerprint density at radius 1 is 1.24 bits per heavy atom. The summed E-state index contributed by atoms with van der Waals surface area (Å²) in [6, 6.07) is 8.34. The van der Waals surface area contributed by atoms with Gasteiger partial charge in [-0.3, -0.25) is 0 Å². The molecule has 0 aliphatic rings. The second-order valence-corrected chi connectivity index (χ2v) is 4.98. The highest BCUT2D eigenvalue weighted by Gasteiger charge is 2.13. The largest absolute Gasteiger partial charge is 0.322 e. The second kappa shape index (κ2) is 5.38. The van der Waals surface area contributed by atoms with Gasteiger partial charge in [-0.25, -0.2) is 0 Å². The van der Waals surface area contributed by atoms with Crippen LogP contribution >= 0.6 is 11.3 Å². The van der Waals surface area contributed by atoms with E-state index in [9.17, 15) is 0 Å². The maximum Gasteiger partial charge on any atom is 0.148 e. The Labute approximate surface area is 106 Å². The van der Waals surface area contributed by atoms with Crippen LogP contribution in [0.25, 0.3) is 10.6 Å². The van der Waals surface area contributed by atoms with E-state index in [-0.39, 0.29) is 6.04 Å². The monoisotopic (exact) mass is 247 g/mol. The van der Waals surface area contributed by atoms with E-state index in [1.807, 2.05) is 6.07 Å². The topological polar surface area (TPSA) is 51.8 Å². The summed E-state index contributed by atoms with van der Waals surface area (Å²) in [6.45, 7) is 4.21. The Hall–Kier alpha value is -1.26. The molecule has 0 fully saturated rings. The molecule has 0 radical (unpaired) electrons. The molecule has 0 amide bonds. The van der Waals surface area contributed by atoms with Crippen LogP contribution in [0.1, 0.15) is 36.9 Å². The van der Waals surface area contributed by atoms with Gasteiger partial charge in [-0.1, -0.05) is 49.4 Å². The molecule has 3 nitrogen and oxygen atoms in total. The summed E-state index contributed by atoms with van der Waals surface area (Å²) in [7, 11) is 0. The van der Waals surface area contributed by atoms with Crippen LogP contribution in [0.4, 0.5) is 0 Å². The van der Waals surface area contributed by atoms with Gasteiger partial charge in [0.05, 0.1) is 6.04 Å². The average Bonchev–Trinajstić information content (AvgIpc) is 2.87. The fourth-order valence-corrected chi connectivity index (χ4v) is 2.69. The molecule has 1 atom stereocenters. The van der Waals surface area contributed by atoms with Gasteiger partial charge in [0, 0.05) is 5.56 Å². The first-order valence-electron chi connectivity index (χ1n) is 5.93. The predicted molar refractivity (Wildman–Crippen MR) is 71.9 cm³/mol. The van der Waals surface area contributed by atoms with Crippen LogP contribution in [-0.2, 0) is 6.42 Å². The highest BCUT2D eigenvalue weighted by Crippen LogP contribution is 2.29. The Kier molecular flexibility index (Phi) is 3.86. The Morgan fingerprint density at radius 2 is 2.00 bits per heavy atom. The molecule has 0 saturated carbocycles. The lowest BCUT2D eigenvalue weighted by Crippen LogP contribution is -2.07. The summed E-state index contributed by atoms with van der Waals surface area (Å²) >= 11 is 1.60. The molecule has 0 aliphatic heterocycles. The molecule has 2 aromatic rings. The van der Waals surface area contributed by atoms with E-state index >= 15 is 0 Å². The van der Waals surface area contributed by atoms with Gasteiger partial charge >= 0.3 is 0 Å². The minimum atomic E-state index is 0.00930. The molecular formula is C13H17N3S. The lowest BCUT2D eigenvalue weighted by atomic mass is 10.1. The Balaban J connectivity index is 2.37. The van der Waals surface area contributed by atoms with Crippen molar-refractivity contribution in [1.29, 1.82) is 0 Å². The first-order valence-corrected chi connectivity index (χ1v) is 6.75. The first-order chi connectivity index (χ1) is 8.26. The van der Waals surface area contributed by atoms with E-state index in [4.69, 9.17) is 5.73 Å². The normalized spacial score (nSPS) is 12.6. The van der Waals surface area contributed by atoms with Crippen molar-refractivity contribution in [2.24, 2.45) is 5.73 Å². The van der Waals surface area contributed by atoms with Crippen LogP contribution in [0.5, 0.6) is 0 Å². The summed E-state index contributed by atoms with van der Waals surface area (Å²) in [6.07, 6.45) is 1.90. The number of nitrogens with two attached hydrogens (primary N) is 1. The highest BCUT2D eigenvalue weighted by atomic mass is 32.1. The SMILES string of the molecule is CCc1ccccc1-c1nnc(C(N)CC)s1. The lowest BCUT2D eigenvalue weighted by Gasteiger charge is -2.03. The quantitative estimate of drug-likeness (QED) is 0.902. The van der Waals surface area contributed by atoms with E-state index < -0.39 is 0 Å². The molecule has 0 aliphatic carbocycles. The lowest BCUT2D eigenvalue weighted by molar-refractivity contribution is 0.683. The van der Waals surface area contributed by atoms with Gasteiger partial charge in [-0.2, -0.15) is 0 Å². The third-order valence-electron chi connectivity index (χ3n) is 2.83. The number of benzene rings is 1. The summed E-state index contributed by atoms with van der Waals surface area (Å²) in [5.74, 6) is 0. The summed E-state index contributed by atoms with van der Waals surface area (Å²) in [5.41, 5.74) is 8.45. The molecule has 4 heteroatoms. The number of hydrogen-bond acceptors (Lipinski definition) is 4. The van der Waals surface area contributed by atoms with Crippen molar-refractivity contribution in [1.82, 2.24) is 10.2 Å². The van der Waals surface area contributed by atoms with Crippen molar-refractivity contribution in [3.63, 3.8) is 0 Å². The Morgan fingerprint density at radius 3 is 2.71 bits per heavy atom. The third kappa shape index (κ3) is 2.53. The molecule has 1 aromatic carbocycles. The van der Waals surface area contributed by atoms with Crippen LogP contribution in [0.2, 0.25) is 0 Å².